The Labute approximate surface area is 293 Å². The topological polar surface area (TPSA) is 116 Å². The fourth-order valence-electron chi connectivity index (χ4n) is 5.90. The Kier molecular flexibility index (Phi) is 28.2. The highest BCUT2D eigenvalue weighted by Crippen LogP contribution is 2.14. The lowest BCUT2D eigenvalue weighted by Gasteiger charge is -2.09. The highest BCUT2D eigenvalue weighted by Gasteiger charge is 2.11. The van der Waals surface area contributed by atoms with Crippen LogP contribution in [0.1, 0.15) is 214 Å². The molecule has 1 aromatic carbocycles. The molecular formula is C40H70N4O4. The SMILES string of the molecule is CCCCCCCCCCCCCCCC(=O)NNC(=O)c1ccc(C(=O)NNC(=O)CCCCCCCCCCCCCCC)cc1. The van der Waals surface area contributed by atoms with Crippen molar-refractivity contribution in [3.63, 3.8) is 0 Å². The number of carbonyl (C=O) groups excluding carboxylic acids is 4. The van der Waals surface area contributed by atoms with Gasteiger partial charge in [-0.05, 0) is 37.1 Å². The highest BCUT2D eigenvalue weighted by atomic mass is 16.2. The zero-order chi connectivity index (χ0) is 34.9. The number of hydrazine groups is 2. The molecule has 1 aromatic rings. The summed E-state index contributed by atoms with van der Waals surface area (Å²) in [6.45, 7) is 4.50. The Hall–Kier alpha value is -2.90. The molecule has 4 N–H and O–H groups in total. The molecule has 0 atom stereocenters. The third-order valence-corrected chi connectivity index (χ3v) is 9.05. The summed E-state index contributed by atoms with van der Waals surface area (Å²) < 4.78 is 0. The molecule has 0 aromatic heterocycles. The maximum atomic E-state index is 12.4. The molecule has 1 rings (SSSR count). The minimum absolute atomic E-state index is 0.211. The van der Waals surface area contributed by atoms with Crippen LogP contribution in [0.5, 0.6) is 0 Å². The average molecular weight is 671 g/mol. The van der Waals surface area contributed by atoms with Gasteiger partial charge >= 0.3 is 0 Å². The van der Waals surface area contributed by atoms with E-state index in [9.17, 15) is 19.2 Å². The predicted molar refractivity (Wildman–Crippen MR) is 198 cm³/mol. The number of hydrogen-bond acceptors (Lipinski definition) is 4. The second kappa shape index (κ2) is 31.4. The van der Waals surface area contributed by atoms with E-state index >= 15 is 0 Å². The van der Waals surface area contributed by atoms with Crippen molar-refractivity contribution in [3.8, 4) is 0 Å². The van der Waals surface area contributed by atoms with Gasteiger partial charge in [-0.2, -0.15) is 0 Å². The Morgan fingerprint density at radius 3 is 0.833 bits per heavy atom. The van der Waals surface area contributed by atoms with Gasteiger partial charge in [0.2, 0.25) is 11.8 Å². The first-order valence-corrected chi connectivity index (χ1v) is 19.8. The van der Waals surface area contributed by atoms with Crippen LogP contribution in [-0.4, -0.2) is 23.6 Å². The standard InChI is InChI=1S/C40H70N4O4/c1-3-5-7-9-11-13-15-17-19-21-23-25-27-29-37(45)41-43-39(47)35-31-33-36(34-32-35)40(48)44-42-38(46)30-28-26-24-22-20-18-16-14-12-10-8-6-4-2/h31-34H,3-30H2,1-2H3,(H,41,45)(H,42,46)(H,43,47)(H,44,48). The number of nitrogens with one attached hydrogen (secondary N) is 4. The first-order chi connectivity index (χ1) is 23.5. The molecule has 0 bridgehead atoms. The van der Waals surface area contributed by atoms with Crippen molar-refractivity contribution >= 4 is 23.6 Å². The van der Waals surface area contributed by atoms with Crippen molar-refractivity contribution in [1.82, 2.24) is 21.7 Å². The molecule has 0 unspecified atom stereocenters. The number of hydrogen-bond donors (Lipinski definition) is 4. The van der Waals surface area contributed by atoms with E-state index in [0.717, 1.165) is 38.5 Å². The highest BCUT2D eigenvalue weighted by molar-refractivity contribution is 5.98. The molecule has 48 heavy (non-hydrogen) atoms. The molecule has 0 spiro atoms. The number of amides is 4. The third kappa shape index (κ3) is 25.2. The summed E-state index contributed by atoms with van der Waals surface area (Å²) in [6, 6.07) is 6.05. The van der Waals surface area contributed by atoms with Gasteiger partial charge in [-0.15, -0.1) is 0 Å². The van der Waals surface area contributed by atoms with E-state index in [1.165, 1.54) is 153 Å². The van der Waals surface area contributed by atoms with Gasteiger partial charge in [0.1, 0.15) is 0 Å². The second-order valence-corrected chi connectivity index (χ2v) is 13.6. The van der Waals surface area contributed by atoms with Crippen LogP contribution in [0.15, 0.2) is 24.3 Å². The molecule has 0 saturated carbocycles. The fourth-order valence-corrected chi connectivity index (χ4v) is 5.90. The quantitative estimate of drug-likeness (QED) is 0.0481. The Morgan fingerprint density at radius 1 is 0.354 bits per heavy atom. The van der Waals surface area contributed by atoms with Gasteiger partial charge in [-0.1, -0.05) is 168 Å². The minimum atomic E-state index is -0.452. The second-order valence-electron chi connectivity index (χ2n) is 13.6. The molecule has 0 aliphatic carbocycles. The summed E-state index contributed by atoms with van der Waals surface area (Å²) in [5.74, 6) is -1.33. The van der Waals surface area contributed by atoms with Crippen molar-refractivity contribution in [2.45, 2.75) is 194 Å². The van der Waals surface area contributed by atoms with E-state index < -0.39 is 11.8 Å². The van der Waals surface area contributed by atoms with E-state index in [2.05, 4.69) is 35.6 Å². The van der Waals surface area contributed by atoms with Gasteiger partial charge in [-0.25, -0.2) is 0 Å². The third-order valence-electron chi connectivity index (χ3n) is 9.05. The molecule has 8 nitrogen and oxygen atoms in total. The summed E-state index contributed by atoms with van der Waals surface area (Å²) in [5.41, 5.74) is 10.5. The van der Waals surface area contributed by atoms with Crippen LogP contribution in [0, 0.1) is 0 Å². The van der Waals surface area contributed by atoms with Gasteiger partial charge in [0, 0.05) is 24.0 Å². The average Bonchev–Trinajstić information content (AvgIpc) is 3.10. The van der Waals surface area contributed by atoms with Gasteiger partial charge in [0.25, 0.3) is 11.8 Å². The lowest BCUT2D eigenvalue weighted by atomic mass is 10.0. The molecule has 274 valence electrons. The smallest absolute Gasteiger partial charge is 0.269 e. The number of rotatable bonds is 30. The fraction of sp³-hybridized carbons (Fsp3) is 0.750. The van der Waals surface area contributed by atoms with Crippen LogP contribution in [-0.2, 0) is 9.59 Å². The lowest BCUT2D eigenvalue weighted by Crippen LogP contribution is -2.42. The van der Waals surface area contributed by atoms with E-state index in [1.54, 1.807) is 0 Å². The molecular weight excluding hydrogens is 600 g/mol. The summed E-state index contributed by atoms with van der Waals surface area (Å²) in [6.07, 6.45) is 33.2. The molecule has 0 radical (unpaired) electrons. The number of benzene rings is 1. The van der Waals surface area contributed by atoms with Gasteiger partial charge in [0.15, 0.2) is 0 Å². The van der Waals surface area contributed by atoms with Gasteiger partial charge in [-0.3, -0.25) is 40.9 Å². The van der Waals surface area contributed by atoms with Crippen LogP contribution < -0.4 is 21.7 Å². The number of unbranched alkanes of at least 4 members (excludes halogenated alkanes) is 24. The Morgan fingerprint density at radius 2 is 0.583 bits per heavy atom. The van der Waals surface area contributed by atoms with Crippen LogP contribution in [0.3, 0.4) is 0 Å². The zero-order valence-corrected chi connectivity index (χ0v) is 30.7. The molecule has 4 amide bonds. The van der Waals surface area contributed by atoms with Crippen molar-refractivity contribution in [3.05, 3.63) is 35.4 Å². The monoisotopic (exact) mass is 671 g/mol. The van der Waals surface area contributed by atoms with Crippen molar-refractivity contribution in [2.24, 2.45) is 0 Å². The maximum absolute atomic E-state index is 12.4. The van der Waals surface area contributed by atoms with Crippen molar-refractivity contribution < 1.29 is 19.2 Å². The van der Waals surface area contributed by atoms with Crippen LogP contribution in [0.2, 0.25) is 0 Å². The normalized spacial score (nSPS) is 10.9. The molecule has 0 heterocycles. The lowest BCUT2D eigenvalue weighted by molar-refractivity contribution is -0.122. The summed E-state index contributed by atoms with van der Waals surface area (Å²) in [7, 11) is 0. The van der Waals surface area contributed by atoms with Crippen LogP contribution in [0.4, 0.5) is 0 Å². The first kappa shape index (κ1) is 43.1. The van der Waals surface area contributed by atoms with E-state index in [-0.39, 0.29) is 11.8 Å². The minimum Gasteiger partial charge on any atom is -0.273 e. The van der Waals surface area contributed by atoms with E-state index in [4.69, 9.17) is 0 Å². The first-order valence-electron chi connectivity index (χ1n) is 19.8. The molecule has 0 aliphatic heterocycles. The largest absolute Gasteiger partial charge is 0.273 e. The predicted octanol–water partition coefficient (Wildman–Crippen LogP) is 10.2. The Balaban J connectivity index is 2.05. The van der Waals surface area contributed by atoms with Crippen molar-refractivity contribution in [2.75, 3.05) is 0 Å². The van der Waals surface area contributed by atoms with E-state index in [1.807, 2.05) is 0 Å². The van der Waals surface area contributed by atoms with Crippen LogP contribution >= 0.6 is 0 Å². The maximum Gasteiger partial charge on any atom is 0.269 e. The molecule has 0 aliphatic rings. The van der Waals surface area contributed by atoms with Crippen LogP contribution in [0.25, 0.3) is 0 Å². The molecule has 8 heteroatoms. The van der Waals surface area contributed by atoms with E-state index in [0.29, 0.717) is 24.0 Å². The van der Waals surface area contributed by atoms with Gasteiger partial charge in [0.05, 0.1) is 0 Å². The summed E-state index contributed by atoms with van der Waals surface area (Å²) >= 11 is 0. The van der Waals surface area contributed by atoms with Crippen molar-refractivity contribution in [1.29, 1.82) is 0 Å². The molecule has 0 saturated heterocycles. The van der Waals surface area contributed by atoms with Gasteiger partial charge < -0.3 is 0 Å². The molecule has 0 fully saturated rings. The zero-order valence-electron chi connectivity index (χ0n) is 30.7. The number of carbonyl (C=O) groups is 4. The summed E-state index contributed by atoms with van der Waals surface area (Å²) in [4.78, 5) is 49.1. The Bertz CT molecular complexity index is 889. The summed E-state index contributed by atoms with van der Waals surface area (Å²) in [5, 5.41) is 0.